The van der Waals surface area contributed by atoms with Crippen LogP contribution in [-0.2, 0) is 4.74 Å². The number of carbonyl (C=O) groups excluding carboxylic acids is 2. The lowest BCUT2D eigenvalue weighted by atomic mass is 10.2. The van der Waals surface area contributed by atoms with Crippen LogP contribution in [0.4, 0.5) is 0 Å². The van der Waals surface area contributed by atoms with Crippen LogP contribution in [-0.4, -0.2) is 39.2 Å². The van der Waals surface area contributed by atoms with Crippen LogP contribution in [0.3, 0.4) is 0 Å². The van der Waals surface area contributed by atoms with E-state index in [1.54, 1.807) is 12.1 Å². The van der Waals surface area contributed by atoms with Crippen LogP contribution in [0.15, 0.2) is 66.0 Å². The number of aryl methyl sites for hydroxylation is 1. The van der Waals surface area contributed by atoms with E-state index < -0.39 is 0 Å². The van der Waals surface area contributed by atoms with Gasteiger partial charge in [0.25, 0.3) is 0 Å². The Morgan fingerprint density at radius 3 is 2.52 bits per heavy atom. The molecule has 31 heavy (non-hydrogen) atoms. The summed E-state index contributed by atoms with van der Waals surface area (Å²) >= 11 is 1.42. The minimum Gasteiger partial charge on any atom is -0.465 e. The Kier molecular flexibility index (Phi) is 5.86. The molecule has 2 aromatic carbocycles. The molecule has 2 aromatic heterocycles. The average molecular weight is 432 g/mol. The number of aromatic nitrogens is 3. The fourth-order valence-electron chi connectivity index (χ4n) is 3.61. The van der Waals surface area contributed by atoms with Gasteiger partial charge in [0.05, 0.1) is 23.9 Å². The van der Waals surface area contributed by atoms with Gasteiger partial charge in [0.2, 0.25) is 0 Å². The van der Waals surface area contributed by atoms with Crippen LogP contribution in [0.1, 0.15) is 32.1 Å². The van der Waals surface area contributed by atoms with Gasteiger partial charge >= 0.3 is 5.97 Å². The minimum atomic E-state index is -0.377. The quantitative estimate of drug-likeness (QED) is 0.189. The molecule has 0 radical (unpaired) electrons. The molecular weight excluding hydrogens is 410 g/mol. The van der Waals surface area contributed by atoms with Crippen molar-refractivity contribution >= 4 is 34.4 Å². The van der Waals surface area contributed by atoms with Gasteiger partial charge in [0.1, 0.15) is 11.4 Å². The van der Waals surface area contributed by atoms with Gasteiger partial charge in [-0.05, 0) is 50.2 Å². The number of rotatable bonds is 6. The molecule has 6 nitrogen and oxygen atoms in total. The number of nitrogens with zero attached hydrogens (tertiary/aromatic N) is 3. The van der Waals surface area contributed by atoms with E-state index in [4.69, 9.17) is 4.74 Å². The van der Waals surface area contributed by atoms with Crippen molar-refractivity contribution in [3.8, 4) is 5.69 Å². The predicted octanol–water partition coefficient (Wildman–Crippen LogP) is 4.80. The largest absolute Gasteiger partial charge is 0.465 e. The van der Waals surface area contributed by atoms with Crippen molar-refractivity contribution in [2.45, 2.75) is 18.9 Å². The summed E-state index contributed by atoms with van der Waals surface area (Å²) in [6.07, 6.45) is 1.53. The molecule has 156 valence electrons. The van der Waals surface area contributed by atoms with Crippen molar-refractivity contribution in [3.63, 3.8) is 0 Å². The Labute approximate surface area is 184 Å². The summed E-state index contributed by atoms with van der Waals surface area (Å²) in [5.41, 5.74) is 4.72. The van der Waals surface area contributed by atoms with E-state index in [1.165, 1.54) is 25.2 Å². The van der Waals surface area contributed by atoms with Crippen molar-refractivity contribution < 1.29 is 14.3 Å². The smallest absolute Gasteiger partial charge is 0.337 e. The first-order valence-electron chi connectivity index (χ1n) is 9.73. The number of methoxy groups -OCH3 is 1. The van der Waals surface area contributed by atoms with Crippen LogP contribution < -0.4 is 0 Å². The molecule has 4 rings (SSSR count). The van der Waals surface area contributed by atoms with E-state index in [0.29, 0.717) is 11.1 Å². The maximum absolute atomic E-state index is 13.0. The molecule has 0 saturated heterocycles. The summed E-state index contributed by atoms with van der Waals surface area (Å²) in [7, 11) is 1.36. The number of benzene rings is 2. The predicted molar refractivity (Wildman–Crippen MR) is 121 cm³/mol. The molecule has 4 aromatic rings. The molecule has 0 saturated carbocycles. The van der Waals surface area contributed by atoms with E-state index in [0.717, 1.165) is 33.0 Å². The highest BCUT2D eigenvalue weighted by molar-refractivity contribution is 8.00. The van der Waals surface area contributed by atoms with Crippen molar-refractivity contribution in [3.05, 3.63) is 83.4 Å². The summed E-state index contributed by atoms with van der Waals surface area (Å²) in [6.45, 7) is 3.89. The fraction of sp³-hybridized carbons (Fsp3) is 0.167. The van der Waals surface area contributed by atoms with Gasteiger partial charge < -0.3 is 9.30 Å². The first-order valence-corrected chi connectivity index (χ1v) is 10.7. The third-order valence-corrected chi connectivity index (χ3v) is 6.13. The van der Waals surface area contributed by atoms with Crippen molar-refractivity contribution in [2.75, 3.05) is 12.9 Å². The number of hydrogen-bond acceptors (Lipinski definition) is 6. The Bertz CT molecular complexity index is 1270. The van der Waals surface area contributed by atoms with Crippen LogP contribution in [0.5, 0.6) is 0 Å². The Hall–Kier alpha value is -3.45. The minimum absolute atomic E-state index is 0.0400. The summed E-state index contributed by atoms with van der Waals surface area (Å²) in [5, 5.41) is 1.74. The molecule has 0 aliphatic carbocycles. The van der Waals surface area contributed by atoms with E-state index >= 15 is 0 Å². The molecule has 0 unspecified atom stereocenters. The topological polar surface area (TPSA) is 74.1 Å². The molecule has 0 N–H and O–H groups in total. The van der Waals surface area contributed by atoms with Crippen LogP contribution >= 0.6 is 11.8 Å². The van der Waals surface area contributed by atoms with Gasteiger partial charge in [-0.2, -0.15) is 0 Å². The number of fused-ring (bicyclic) bond motifs is 1. The van der Waals surface area contributed by atoms with Gasteiger partial charge in [-0.15, -0.1) is 0 Å². The molecule has 0 amide bonds. The number of hydrogen-bond donors (Lipinski definition) is 0. The summed E-state index contributed by atoms with van der Waals surface area (Å²) in [4.78, 5) is 33.3. The molecule has 0 fully saturated rings. The van der Waals surface area contributed by atoms with Gasteiger partial charge in [0.15, 0.2) is 5.78 Å². The zero-order valence-electron chi connectivity index (χ0n) is 17.5. The zero-order chi connectivity index (χ0) is 22.0. The summed E-state index contributed by atoms with van der Waals surface area (Å²) in [6, 6.07) is 16.8. The van der Waals surface area contributed by atoms with Crippen LogP contribution in [0, 0.1) is 13.8 Å². The van der Waals surface area contributed by atoms with Crippen molar-refractivity contribution in [2.24, 2.45) is 0 Å². The maximum Gasteiger partial charge on any atom is 0.337 e. The zero-order valence-corrected chi connectivity index (χ0v) is 18.3. The Balaban J connectivity index is 1.56. The number of carbonyl (C=O) groups is 2. The highest BCUT2D eigenvalue weighted by atomic mass is 32.2. The number of thioether (sulfide) groups is 1. The molecule has 0 bridgehead atoms. The number of para-hydroxylation sites is 1. The van der Waals surface area contributed by atoms with E-state index in [9.17, 15) is 9.59 Å². The van der Waals surface area contributed by atoms with Gasteiger partial charge in [-0.25, -0.2) is 14.8 Å². The van der Waals surface area contributed by atoms with Gasteiger partial charge in [-0.1, -0.05) is 30.0 Å². The lowest BCUT2D eigenvalue weighted by Gasteiger charge is -2.10. The standard InChI is InChI=1S/C24H21N3O3S/c1-15-12-20(16(2)27(15)18-10-8-17(9-11-18)24(29)30-3)22(28)13-31-23-19-6-4-5-7-21(19)25-14-26-23/h4-12,14H,13H2,1-3H3. The normalized spacial score (nSPS) is 10.9. The van der Waals surface area contributed by atoms with Crippen molar-refractivity contribution in [1.29, 1.82) is 0 Å². The second-order valence-electron chi connectivity index (χ2n) is 7.07. The molecular formula is C24H21N3O3S. The molecule has 0 spiro atoms. The lowest BCUT2D eigenvalue weighted by Crippen LogP contribution is -2.06. The first kappa shape index (κ1) is 20.8. The summed E-state index contributed by atoms with van der Waals surface area (Å²) < 4.78 is 6.77. The SMILES string of the molecule is COC(=O)c1ccc(-n2c(C)cc(C(=O)CSc3ncnc4ccccc34)c2C)cc1. The molecule has 7 heteroatoms. The molecule has 0 aliphatic rings. The number of ketones is 1. The van der Waals surface area contributed by atoms with Crippen LogP contribution in [0.25, 0.3) is 16.6 Å². The lowest BCUT2D eigenvalue weighted by molar-refractivity contribution is 0.0600. The maximum atomic E-state index is 13.0. The van der Waals surface area contributed by atoms with E-state index in [-0.39, 0.29) is 17.5 Å². The highest BCUT2D eigenvalue weighted by Crippen LogP contribution is 2.27. The number of ether oxygens (including phenoxy) is 1. The van der Waals surface area contributed by atoms with Gasteiger partial charge in [0, 0.05) is 28.0 Å². The summed E-state index contributed by atoms with van der Waals surface area (Å²) in [5.74, 6) is -0.0529. The molecule has 0 aliphatic heterocycles. The third kappa shape index (κ3) is 4.09. The highest BCUT2D eigenvalue weighted by Gasteiger charge is 2.18. The van der Waals surface area contributed by atoms with Crippen molar-refractivity contribution in [1.82, 2.24) is 14.5 Å². The fourth-order valence-corrected chi connectivity index (χ4v) is 4.49. The monoisotopic (exact) mass is 431 g/mol. The molecule has 0 atom stereocenters. The van der Waals surface area contributed by atoms with E-state index in [2.05, 4.69) is 9.97 Å². The number of Topliss-reactive ketones (excluding diaryl/α,β-unsaturated/α-hetero) is 1. The van der Waals surface area contributed by atoms with E-state index in [1.807, 2.05) is 60.9 Å². The van der Waals surface area contributed by atoms with Crippen LogP contribution in [0.2, 0.25) is 0 Å². The van der Waals surface area contributed by atoms with Gasteiger partial charge in [-0.3, -0.25) is 4.79 Å². The third-order valence-electron chi connectivity index (χ3n) is 5.12. The second-order valence-corrected chi connectivity index (χ2v) is 8.03. The first-order chi connectivity index (χ1) is 15.0. The second kappa shape index (κ2) is 8.73. The average Bonchev–Trinajstić information content (AvgIpc) is 3.10. The number of esters is 1. The molecule has 2 heterocycles. The Morgan fingerprint density at radius 1 is 1.03 bits per heavy atom. The Morgan fingerprint density at radius 2 is 1.77 bits per heavy atom.